The highest BCUT2D eigenvalue weighted by Crippen LogP contribution is 2.28. The summed E-state index contributed by atoms with van der Waals surface area (Å²) < 4.78 is 0. The van der Waals surface area contributed by atoms with Gasteiger partial charge in [-0.3, -0.25) is 4.79 Å². The molecular formula is C12H20N2O. The lowest BCUT2D eigenvalue weighted by molar-refractivity contribution is -0.132. The lowest BCUT2D eigenvalue weighted by Gasteiger charge is -2.22. The third-order valence-corrected chi connectivity index (χ3v) is 3.26. The van der Waals surface area contributed by atoms with E-state index in [9.17, 15) is 4.79 Å². The maximum Gasteiger partial charge on any atom is 0.223 e. The second-order valence-electron chi connectivity index (χ2n) is 4.63. The molecule has 1 unspecified atom stereocenters. The zero-order valence-electron chi connectivity index (χ0n) is 9.24. The van der Waals surface area contributed by atoms with Crippen LogP contribution in [0.15, 0.2) is 12.7 Å². The summed E-state index contributed by atoms with van der Waals surface area (Å²) in [7, 11) is 0. The fraction of sp³-hybridized carbons (Fsp3) is 0.750. The predicted molar refractivity (Wildman–Crippen MR) is 60.5 cm³/mol. The van der Waals surface area contributed by atoms with Crippen LogP contribution in [0.2, 0.25) is 0 Å². The Bertz CT molecular complexity index is 242. The molecule has 1 N–H and O–H groups in total. The van der Waals surface area contributed by atoms with Gasteiger partial charge in [0.2, 0.25) is 5.91 Å². The van der Waals surface area contributed by atoms with Gasteiger partial charge in [-0.1, -0.05) is 6.08 Å². The molecule has 2 aliphatic rings. The smallest absolute Gasteiger partial charge is 0.223 e. The minimum atomic E-state index is 0.325. The zero-order chi connectivity index (χ0) is 10.7. The molecule has 3 nitrogen and oxygen atoms in total. The standard InChI is InChI=1S/C12H20N2O/c1-2-7-14(11-3-4-11)12(15)8-10-5-6-13-9-10/h2,10-11,13H,1,3-9H2. The number of carbonyl (C=O) groups is 1. The average Bonchev–Trinajstić information content (AvgIpc) is 2.93. The molecule has 0 radical (unpaired) electrons. The molecule has 0 aromatic carbocycles. The monoisotopic (exact) mass is 208 g/mol. The fourth-order valence-electron chi connectivity index (χ4n) is 2.23. The quantitative estimate of drug-likeness (QED) is 0.688. The normalized spacial score (nSPS) is 25.2. The number of nitrogens with zero attached hydrogens (tertiary/aromatic N) is 1. The third-order valence-electron chi connectivity index (χ3n) is 3.26. The number of hydrogen-bond acceptors (Lipinski definition) is 2. The first-order valence-corrected chi connectivity index (χ1v) is 5.92. The molecular weight excluding hydrogens is 188 g/mol. The number of amides is 1. The molecule has 0 spiro atoms. The van der Waals surface area contributed by atoms with E-state index < -0.39 is 0 Å². The third kappa shape index (κ3) is 2.81. The molecule has 1 amide bonds. The number of carbonyl (C=O) groups excluding carboxylic acids is 1. The predicted octanol–water partition coefficient (Wildman–Crippen LogP) is 1.16. The van der Waals surface area contributed by atoms with Crippen LogP contribution in [0.3, 0.4) is 0 Å². The van der Waals surface area contributed by atoms with E-state index in [0.717, 1.165) is 32.5 Å². The SMILES string of the molecule is C=CCN(C(=O)CC1CCNC1)C1CC1. The highest BCUT2D eigenvalue weighted by molar-refractivity contribution is 5.77. The van der Waals surface area contributed by atoms with Crippen LogP contribution in [0.1, 0.15) is 25.7 Å². The molecule has 15 heavy (non-hydrogen) atoms. The van der Waals surface area contributed by atoms with Crippen LogP contribution in [-0.4, -0.2) is 36.5 Å². The Kier molecular flexibility index (Phi) is 3.41. The molecule has 3 heteroatoms. The van der Waals surface area contributed by atoms with Gasteiger partial charge in [-0.15, -0.1) is 6.58 Å². The van der Waals surface area contributed by atoms with Crippen molar-refractivity contribution in [2.45, 2.75) is 31.7 Å². The zero-order valence-corrected chi connectivity index (χ0v) is 9.24. The molecule has 0 aromatic heterocycles. The van der Waals surface area contributed by atoms with Crippen LogP contribution < -0.4 is 5.32 Å². The lowest BCUT2D eigenvalue weighted by atomic mass is 10.0. The molecule has 1 aliphatic heterocycles. The van der Waals surface area contributed by atoms with Crippen molar-refractivity contribution in [2.24, 2.45) is 5.92 Å². The lowest BCUT2D eigenvalue weighted by Crippen LogP contribution is -2.34. The fourth-order valence-corrected chi connectivity index (χ4v) is 2.23. The van der Waals surface area contributed by atoms with Crippen molar-refractivity contribution in [2.75, 3.05) is 19.6 Å². The molecule has 1 aliphatic carbocycles. The van der Waals surface area contributed by atoms with E-state index in [1.165, 1.54) is 12.8 Å². The minimum absolute atomic E-state index is 0.325. The van der Waals surface area contributed by atoms with Gasteiger partial charge in [0.1, 0.15) is 0 Å². The van der Waals surface area contributed by atoms with E-state index in [1.54, 1.807) is 0 Å². The van der Waals surface area contributed by atoms with E-state index in [2.05, 4.69) is 11.9 Å². The topological polar surface area (TPSA) is 32.3 Å². The Balaban J connectivity index is 1.83. The Morgan fingerprint density at radius 1 is 1.47 bits per heavy atom. The van der Waals surface area contributed by atoms with Crippen LogP contribution in [0, 0.1) is 5.92 Å². The first-order valence-electron chi connectivity index (χ1n) is 5.92. The molecule has 2 fully saturated rings. The summed E-state index contributed by atoms with van der Waals surface area (Å²) in [6.07, 6.45) is 6.07. The average molecular weight is 208 g/mol. The van der Waals surface area contributed by atoms with Crippen molar-refractivity contribution < 1.29 is 4.79 Å². The van der Waals surface area contributed by atoms with Gasteiger partial charge in [0, 0.05) is 19.0 Å². The summed E-state index contributed by atoms with van der Waals surface area (Å²) >= 11 is 0. The van der Waals surface area contributed by atoms with Gasteiger partial charge in [0.15, 0.2) is 0 Å². The van der Waals surface area contributed by atoms with Crippen molar-refractivity contribution in [1.82, 2.24) is 10.2 Å². The molecule has 1 heterocycles. The summed E-state index contributed by atoms with van der Waals surface area (Å²) in [5.41, 5.74) is 0. The van der Waals surface area contributed by atoms with E-state index in [-0.39, 0.29) is 0 Å². The Hall–Kier alpha value is -0.830. The van der Waals surface area contributed by atoms with Crippen molar-refractivity contribution in [1.29, 1.82) is 0 Å². The highest BCUT2D eigenvalue weighted by Gasteiger charge is 2.32. The van der Waals surface area contributed by atoms with Gasteiger partial charge >= 0.3 is 0 Å². The largest absolute Gasteiger partial charge is 0.336 e. The van der Waals surface area contributed by atoms with Gasteiger partial charge < -0.3 is 10.2 Å². The van der Waals surface area contributed by atoms with E-state index in [0.29, 0.717) is 17.9 Å². The van der Waals surface area contributed by atoms with Crippen molar-refractivity contribution in [3.05, 3.63) is 12.7 Å². The first-order chi connectivity index (χ1) is 7.31. The Morgan fingerprint density at radius 2 is 2.27 bits per heavy atom. The maximum absolute atomic E-state index is 12.0. The van der Waals surface area contributed by atoms with Gasteiger partial charge in [-0.05, 0) is 38.3 Å². The summed E-state index contributed by atoms with van der Waals surface area (Å²) in [5.74, 6) is 0.884. The van der Waals surface area contributed by atoms with Crippen LogP contribution in [0.4, 0.5) is 0 Å². The van der Waals surface area contributed by atoms with Gasteiger partial charge in [-0.25, -0.2) is 0 Å². The maximum atomic E-state index is 12.0. The molecule has 0 bridgehead atoms. The molecule has 84 valence electrons. The number of rotatable bonds is 5. The Morgan fingerprint density at radius 3 is 2.80 bits per heavy atom. The molecule has 1 atom stereocenters. The van der Waals surface area contributed by atoms with Crippen molar-refractivity contribution in [3.8, 4) is 0 Å². The van der Waals surface area contributed by atoms with Gasteiger partial charge in [0.05, 0.1) is 0 Å². The summed E-state index contributed by atoms with van der Waals surface area (Å²) in [6.45, 7) is 6.53. The van der Waals surface area contributed by atoms with Crippen LogP contribution >= 0.6 is 0 Å². The van der Waals surface area contributed by atoms with Crippen LogP contribution in [-0.2, 0) is 4.79 Å². The summed E-state index contributed by atoms with van der Waals surface area (Å²) in [6, 6.07) is 0.518. The number of hydrogen-bond donors (Lipinski definition) is 1. The molecule has 1 saturated carbocycles. The Labute approximate surface area is 91.5 Å². The summed E-state index contributed by atoms with van der Waals surface area (Å²) in [4.78, 5) is 14.0. The van der Waals surface area contributed by atoms with Gasteiger partial charge in [-0.2, -0.15) is 0 Å². The summed E-state index contributed by atoms with van der Waals surface area (Å²) in [5, 5.41) is 3.30. The molecule has 0 aromatic rings. The first kappa shape index (κ1) is 10.7. The van der Waals surface area contributed by atoms with Crippen LogP contribution in [0.5, 0.6) is 0 Å². The van der Waals surface area contributed by atoms with Gasteiger partial charge in [0.25, 0.3) is 0 Å². The van der Waals surface area contributed by atoms with Crippen LogP contribution in [0.25, 0.3) is 0 Å². The molecule has 2 rings (SSSR count). The molecule has 1 saturated heterocycles. The minimum Gasteiger partial charge on any atom is -0.336 e. The van der Waals surface area contributed by atoms with E-state index in [4.69, 9.17) is 0 Å². The van der Waals surface area contributed by atoms with E-state index in [1.807, 2.05) is 11.0 Å². The van der Waals surface area contributed by atoms with Crippen molar-refractivity contribution in [3.63, 3.8) is 0 Å². The number of nitrogens with one attached hydrogen (secondary N) is 1. The second kappa shape index (κ2) is 4.79. The van der Waals surface area contributed by atoms with Crippen molar-refractivity contribution >= 4 is 5.91 Å². The highest BCUT2D eigenvalue weighted by atomic mass is 16.2. The van der Waals surface area contributed by atoms with E-state index >= 15 is 0 Å². The second-order valence-corrected chi connectivity index (χ2v) is 4.63.